The van der Waals surface area contributed by atoms with E-state index in [1.807, 2.05) is 90.0 Å². The van der Waals surface area contributed by atoms with Crippen molar-refractivity contribution in [1.29, 1.82) is 0 Å². The molecule has 0 aromatic heterocycles. The van der Waals surface area contributed by atoms with Gasteiger partial charge in [-0.25, -0.2) is 0 Å². The molecule has 0 saturated heterocycles. The first-order valence-electron chi connectivity index (χ1n) is 49.7. The molecule has 0 aromatic rings. The molecule has 17 saturated carbocycles. The minimum atomic E-state index is -0.343. The zero-order valence-electron chi connectivity index (χ0n) is 78.9. The Morgan fingerprint density at radius 2 is 0.635 bits per heavy atom. The van der Waals surface area contributed by atoms with Crippen molar-refractivity contribution in [3.05, 3.63) is 0 Å². The van der Waals surface area contributed by atoms with Gasteiger partial charge in [0.15, 0.2) is 0 Å². The average molecular weight is 1780 g/mol. The van der Waals surface area contributed by atoms with Crippen molar-refractivity contribution in [2.75, 3.05) is 0 Å². The van der Waals surface area contributed by atoms with Crippen LogP contribution in [0.3, 0.4) is 0 Å². The van der Waals surface area contributed by atoms with E-state index in [0.717, 1.165) is 190 Å². The minimum Gasteiger partial charge on any atom is -0.459 e. The van der Waals surface area contributed by atoms with Crippen LogP contribution < -0.4 is 0 Å². The Morgan fingerprint density at radius 3 is 1.10 bits per heavy atom. The summed E-state index contributed by atoms with van der Waals surface area (Å²) in [6, 6.07) is 0. The molecule has 17 rings (SSSR count). The zero-order chi connectivity index (χ0) is 84.7. The van der Waals surface area contributed by atoms with Gasteiger partial charge in [0, 0.05) is 23.7 Å². The van der Waals surface area contributed by atoms with Crippen LogP contribution in [0, 0.1) is 163 Å². The van der Waals surface area contributed by atoms with E-state index in [1.165, 1.54) is 167 Å². The quantitative estimate of drug-likeness (QED) is 0.0686. The van der Waals surface area contributed by atoms with Crippen LogP contribution in [0.5, 0.6) is 0 Å². The van der Waals surface area contributed by atoms with Crippen LogP contribution in [0.4, 0.5) is 0 Å². The summed E-state index contributed by atoms with van der Waals surface area (Å²) < 4.78 is 36.4. The summed E-state index contributed by atoms with van der Waals surface area (Å²) in [5, 5.41) is 0. The lowest BCUT2D eigenvalue weighted by Gasteiger charge is -2.48. The Bertz CT molecular complexity index is 3430. The predicted octanol–water partition coefficient (Wildman–Crippen LogP) is 32.8. The Labute approximate surface area is 782 Å². The van der Waals surface area contributed by atoms with E-state index >= 15 is 0 Å². The van der Waals surface area contributed by atoms with Gasteiger partial charge in [0.05, 0.1) is 32.5 Å². The van der Waals surface area contributed by atoms with Crippen LogP contribution in [0.25, 0.3) is 0 Å². The highest BCUT2D eigenvalue weighted by atomic mass is 16.6. The van der Waals surface area contributed by atoms with Gasteiger partial charge in [-0.2, -0.15) is 0 Å². The smallest absolute Gasteiger partial charge is 0.312 e. The molecule has 0 amide bonds. The summed E-state index contributed by atoms with van der Waals surface area (Å²) in [6.45, 7) is 49.6. The third kappa shape index (κ3) is 23.7. The molecule has 126 heavy (non-hydrogen) atoms. The van der Waals surface area contributed by atoms with Gasteiger partial charge in [-0.05, 0) is 430 Å². The molecule has 12 bridgehead atoms. The maximum absolute atomic E-state index is 12.7. The van der Waals surface area contributed by atoms with Crippen molar-refractivity contribution in [2.24, 2.45) is 163 Å². The van der Waals surface area contributed by atoms with Gasteiger partial charge >= 0.3 is 35.8 Å². The molecule has 0 N–H and O–H groups in total. The topological polar surface area (TPSA) is 158 Å². The second-order valence-corrected chi connectivity index (χ2v) is 48.2. The molecule has 0 heterocycles. The Balaban J connectivity index is 0.000000505. The number of carbonyl (C=O) groups is 6. The fourth-order valence-corrected chi connectivity index (χ4v) is 29.0. The molecule has 0 radical (unpaired) electrons. The normalized spacial score (nSPS) is 39.1. The van der Waals surface area contributed by atoms with Gasteiger partial charge in [0.2, 0.25) is 0 Å². The molecule has 17 fully saturated rings. The molecule has 742 valence electrons. The maximum Gasteiger partial charge on any atom is 0.312 e. The lowest BCUT2D eigenvalue weighted by atomic mass is 9.63. The SMILES string of the molecule is C.C.C.C.C.C.C.C.C.C.CCC(C)(C)C(=O)OC1(C)CC2CC1C1C3CCC(C3)C21.CCC(C)(C)C(=O)OC1(C)CC2CC1C1CCCC21.CCC(C)(C)C(=O)OC1(C)CC2CCC1C2.CCC(C)(C)C(=O)OC1(C)CCC2CCCCC2C1.CCC(C)(C)C(=O)OC1(C)CCCC2CCCCC21.CCC(C)(C)C(=O)OC1(CC)CC2CC1C1C3CCC(C3)C21. The molecule has 28 atom stereocenters. The number of fused-ring (bicyclic) bond motifs is 27. The van der Waals surface area contributed by atoms with Gasteiger partial charge in [-0.3, -0.25) is 28.8 Å². The number of hydrogen-bond acceptors (Lipinski definition) is 12. The van der Waals surface area contributed by atoms with Crippen LogP contribution >= 0.6 is 0 Å². The second-order valence-electron chi connectivity index (χ2n) is 48.2. The van der Waals surface area contributed by atoms with Gasteiger partial charge in [0.1, 0.15) is 33.6 Å². The van der Waals surface area contributed by atoms with Gasteiger partial charge < -0.3 is 28.4 Å². The molecular formula is C114H214O12. The first-order chi connectivity index (χ1) is 54.3. The van der Waals surface area contributed by atoms with Gasteiger partial charge in [-0.15, -0.1) is 0 Å². The van der Waals surface area contributed by atoms with Crippen LogP contribution in [-0.2, 0) is 57.2 Å². The second kappa shape index (κ2) is 45.0. The minimum absolute atomic E-state index is 0. The summed E-state index contributed by atoms with van der Waals surface area (Å²) in [5.41, 5.74) is -3.04. The van der Waals surface area contributed by atoms with E-state index in [2.05, 4.69) is 76.2 Å². The van der Waals surface area contributed by atoms with Crippen LogP contribution in [0.1, 0.15) is 497 Å². The first-order valence-corrected chi connectivity index (χ1v) is 49.7. The van der Waals surface area contributed by atoms with Crippen molar-refractivity contribution in [1.82, 2.24) is 0 Å². The molecule has 0 spiro atoms. The van der Waals surface area contributed by atoms with Gasteiger partial charge in [0.25, 0.3) is 0 Å². The van der Waals surface area contributed by atoms with Crippen molar-refractivity contribution < 1.29 is 57.2 Å². The van der Waals surface area contributed by atoms with E-state index in [-0.39, 0.29) is 176 Å². The number of hydrogen-bond donors (Lipinski definition) is 0. The molecule has 12 heteroatoms. The highest BCUT2D eigenvalue weighted by Crippen LogP contribution is 2.73. The fourth-order valence-electron chi connectivity index (χ4n) is 29.0. The Kier molecular flexibility index (Phi) is 42.4. The number of carbonyl (C=O) groups excluding carboxylic acids is 6. The third-order valence-corrected chi connectivity index (χ3v) is 38.7. The van der Waals surface area contributed by atoms with Gasteiger partial charge in [-0.1, -0.05) is 174 Å². The maximum atomic E-state index is 12.7. The van der Waals surface area contributed by atoms with Crippen molar-refractivity contribution in [3.63, 3.8) is 0 Å². The fraction of sp³-hybridized carbons (Fsp3) is 0.947. The summed E-state index contributed by atoms with van der Waals surface area (Å²) >= 11 is 0. The first kappa shape index (κ1) is 119. The molecule has 0 aromatic carbocycles. The molecule has 12 nitrogen and oxygen atoms in total. The van der Waals surface area contributed by atoms with Crippen LogP contribution in [-0.4, -0.2) is 69.4 Å². The summed E-state index contributed by atoms with van der Waals surface area (Å²) in [6.07, 6.45) is 49.2. The average Bonchev–Trinajstić information content (AvgIpc) is 1.53. The lowest BCUT2D eigenvalue weighted by molar-refractivity contribution is -0.185. The Hall–Kier alpha value is -3.18. The van der Waals surface area contributed by atoms with Crippen molar-refractivity contribution in [3.8, 4) is 0 Å². The highest BCUT2D eigenvalue weighted by molar-refractivity contribution is 5.79. The summed E-state index contributed by atoms with van der Waals surface area (Å²) in [5.74, 6) is 18.6. The van der Waals surface area contributed by atoms with E-state index in [1.54, 1.807) is 0 Å². The van der Waals surface area contributed by atoms with E-state index in [9.17, 15) is 28.8 Å². The molecular weight excluding hydrogens is 1560 g/mol. The molecule has 28 unspecified atom stereocenters. The van der Waals surface area contributed by atoms with E-state index in [0.29, 0.717) is 29.6 Å². The number of ether oxygens (including phenoxy) is 6. The number of esters is 6. The lowest BCUT2D eigenvalue weighted by Crippen LogP contribution is -2.49. The number of rotatable bonds is 19. The van der Waals surface area contributed by atoms with Crippen LogP contribution in [0.15, 0.2) is 0 Å². The highest BCUT2D eigenvalue weighted by Gasteiger charge is 2.70. The molecule has 0 aliphatic heterocycles. The van der Waals surface area contributed by atoms with Crippen molar-refractivity contribution in [2.45, 2.75) is 531 Å². The summed E-state index contributed by atoms with van der Waals surface area (Å²) in [4.78, 5) is 74.5. The molecule has 17 aliphatic carbocycles. The van der Waals surface area contributed by atoms with Crippen LogP contribution in [0.2, 0.25) is 0 Å². The molecule has 17 aliphatic rings. The standard InChI is InChI=1S/C20H32O2.C19H30O2.C17H28O2.2C17H30O2.C14H24O2.10CH4/c1-5-19(3,4)18(21)22-20(6-2)11-14-10-15(20)17-13-8-7-12(9-13)16(14)17;1-5-18(2,3)17(20)21-19(4)10-13-9-14(19)16-12-7-6-11(8-12)15(13)16;1-5-16(2,3)15(18)19-17(4)10-11-9-14(17)13-8-6-7-12(11)13;1-5-16(2,3)15(18)19-17(4)12-8-10-13-9-6-7-11-14(13)17;1-5-16(2,3)15(18)19-17(4)11-10-13-8-6-7-9-14(13)12-17;1-5-13(2,3)12(15)16-14(4)9-10-6-7-11(14)8-10;;;;;;;;;;/h12-17H,5-11H2,1-4H3;11-16H,5-10H2,1-4H3;11-14H,5-10H2,1-4H3;2*13-14H,5-12H2,1-4H3;10-11H,5-9H2,1-4H3;10*1H4. The largest absolute Gasteiger partial charge is 0.459 e. The Morgan fingerprint density at radius 1 is 0.262 bits per heavy atom. The monoisotopic (exact) mass is 1780 g/mol. The summed E-state index contributed by atoms with van der Waals surface area (Å²) in [7, 11) is 0. The third-order valence-electron chi connectivity index (χ3n) is 38.7. The van der Waals surface area contributed by atoms with Crippen molar-refractivity contribution >= 4 is 35.8 Å². The zero-order valence-corrected chi connectivity index (χ0v) is 78.9. The van der Waals surface area contributed by atoms with E-state index < -0.39 is 0 Å². The van der Waals surface area contributed by atoms with E-state index in [4.69, 9.17) is 28.4 Å². The predicted molar refractivity (Wildman–Crippen MR) is 532 cm³/mol.